The molecule has 0 bridgehead atoms. The van der Waals surface area contributed by atoms with Crippen molar-refractivity contribution in [2.45, 2.75) is 5.92 Å². The SMILES string of the molecule is N#CC(C(=O)c1ccc(Cl)cc1)c1ccc(F)cc1. The average molecular weight is 274 g/mol. The van der Waals surface area contributed by atoms with Crippen molar-refractivity contribution >= 4 is 17.4 Å². The van der Waals surface area contributed by atoms with Crippen LogP contribution >= 0.6 is 11.6 Å². The molecule has 0 heterocycles. The van der Waals surface area contributed by atoms with Crippen molar-refractivity contribution in [3.05, 3.63) is 70.5 Å². The number of hydrogen-bond donors (Lipinski definition) is 0. The third-order valence-electron chi connectivity index (χ3n) is 2.72. The van der Waals surface area contributed by atoms with Crippen molar-refractivity contribution in [1.29, 1.82) is 5.26 Å². The van der Waals surface area contributed by atoms with Crippen LogP contribution in [0, 0.1) is 17.1 Å². The van der Waals surface area contributed by atoms with Gasteiger partial charge in [0, 0.05) is 10.6 Å². The second-order valence-corrected chi connectivity index (χ2v) is 4.42. The summed E-state index contributed by atoms with van der Waals surface area (Å²) in [6.45, 7) is 0. The van der Waals surface area contributed by atoms with E-state index in [1.165, 1.54) is 24.3 Å². The molecule has 0 saturated carbocycles. The van der Waals surface area contributed by atoms with Crippen molar-refractivity contribution in [3.8, 4) is 6.07 Å². The van der Waals surface area contributed by atoms with E-state index in [0.29, 0.717) is 16.1 Å². The Morgan fingerprint density at radius 3 is 2.21 bits per heavy atom. The molecule has 0 fully saturated rings. The predicted molar refractivity (Wildman–Crippen MR) is 70.5 cm³/mol. The van der Waals surface area contributed by atoms with Crippen LogP contribution in [0.4, 0.5) is 4.39 Å². The summed E-state index contributed by atoms with van der Waals surface area (Å²) in [4.78, 5) is 12.2. The van der Waals surface area contributed by atoms with E-state index < -0.39 is 11.7 Å². The van der Waals surface area contributed by atoms with Crippen LogP contribution in [0.5, 0.6) is 0 Å². The predicted octanol–water partition coefficient (Wildman–Crippen LogP) is 3.97. The van der Waals surface area contributed by atoms with Gasteiger partial charge in [0.2, 0.25) is 0 Å². The minimum Gasteiger partial charge on any atom is -0.292 e. The Balaban J connectivity index is 2.32. The molecule has 0 aliphatic heterocycles. The summed E-state index contributed by atoms with van der Waals surface area (Å²) in [7, 11) is 0. The Labute approximate surface area is 115 Å². The van der Waals surface area contributed by atoms with E-state index in [-0.39, 0.29) is 5.78 Å². The molecule has 1 atom stereocenters. The Kier molecular flexibility index (Phi) is 3.94. The Hall–Kier alpha value is -2.18. The van der Waals surface area contributed by atoms with Crippen LogP contribution in [0.15, 0.2) is 48.5 Å². The van der Waals surface area contributed by atoms with Gasteiger partial charge in [0.1, 0.15) is 11.7 Å². The molecule has 0 amide bonds. The van der Waals surface area contributed by atoms with Crippen molar-refractivity contribution in [2.75, 3.05) is 0 Å². The molecule has 2 nitrogen and oxygen atoms in total. The normalized spacial score (nSPS) is 11.6. The van der Waals surface area contributed by atoms with E-state index >= 15 is 0 Å². The van der Waals surface area contributed by atoms with Crippen LogP contribution in [0.1, 0.15) is 21.8 Å². The zero-order valence-electron chi connectivity index (χ0n) is 9.81. The Morgan fingerprint density at radius 2 is 1.68 bits per heavy atom. The first kappa shape index (κ1) is 13.3. The number of ketones is 1. The summed E-state index contributed by atoms with van der Waals surface area (Å²) in [6, 6.07) is 13.6. The lowest BCUT2D eigenvalue weighted by Gasteiger charge is -2.08. The highest BCUT2D eigenvalue weighted by Crippen LogP contribution is 2.21. The number of benzene rings is 2. The van der Waals surface area contributed by atoms with Crippen LogP contribution in [-0.4, -0.2) is 5.78 Å². The van der Waals surface area contributed by atoms with Gasteiger partial charge < -0.3 is 0 Å². The van der Waals surface area contributed by atoms with Crippen LogP contribution in [0.2, 0.25) is 5.02 Å². The molecule has 1 unspecified atom stereocenters. The molecule has 19 heavy (non-hydrogen) atoms. The molecule has 0 aliphatic carbocycles. The number of halogens is 2. The quantitative estimate of drug-likeness (QED) is 0.794. The fourth-order valence-corrected chi connectivity index (χ4v) is 1.85. The van der Waals surface area contributed by atoms with Gasteiger partial charge in [0.05, 0.1) is 6.07 Å². The lowest BCUT2D eigenvalue weighted by atomic mass is 9.92. The smallest absolute Gasteiger partial charge is 0.184 e. The zero-order valence-corrected chi connectivity index (χ0v) is 10.6. The first-order valence-electron chi connectivity index (χ1n) is 5.56. The van der Waals surface area contributed by atoms with Gasteiger partial charge in [-0.25, -0.2) is 4.39 Å². The summed E-state index contributed by atoms with van der Waals surface area (Å²) in [6.07, 6.45) is 0. The average Bonchev–Trinajstić information content (AvgIpc) is 2.42. The first-order valence-corrected chi connectivity index (χ1v) is 5.94. The molecule has 94 valence electrons. The molecule has 2 aromatic carbocycles. The third-order valence-corrected chi connectivity index (χ3v) is 2.98. The molecule has 2 rings (SSSR count). The molecule has 0 aromatic heterocycles. The lowest BCUT2D eigenvalue weighted by Crippen LogP contribution is -2.11. The van der Waals surface area contributed by atoms with Gasteiger partial charge in [0.15, 0.2) is 5.78 Å². The molecule has 0 saturated heterocycles. The summed E-state index contributed by atoms with van der Waals surface area (Å²) in [5, 5.41) is 9.66. The van der Waals surface area contributed by atoms with E-state index in [0.717, 1.165) is 0 Å². The standard InChI is InChI=1S/C15H9ClFNO/c16-12-5-1-11(2-6-12)15(19)14(9-18)10-3-7-13(17)8-4-10/h1-8,14H. The second kappa shape index (κ2) is 5.64. The van der Waals surface area contributed by atoms with Crippen LogP contribution < -0.4 is 0 Å². The number of carbonyl (C=O) groups is 1. The number of Topliss-reactive ketones (excluding diaryl/α,β-unsaturated/α-hetero) is 1. The fraction of sp³-hybridized carbons (Fsp3) is 0.0667. The van der Waals surface area contributed by atoms with E-state index in [1.807, 2.05) is 6.07 Å². The highest BCUT2D eigenvalue weighted by atomic mass is 35.5. The van der Waals surface area contributed by atoms with Gasteiger partial charge in [0.25, 0.3) is 0 Å². The number of hydrogen-bond acceptors (Lipinski definition) is 2. The fourth-order valence-electron chi connectivity index (χ4n) is 1.72. The largest absolute Gasteiger partial charge is 0.292 e. The molecule has 4 heteroatoms. The molecular weight excluding hydrogens is 265 g/mol. The summed E-state index contributed by atoms with van der Waals surface area (Å²) >= 11 is 5.75. The maximum atomic E-state index is 12.8. The minimum absolute atomic E-state index is 0.328. The van der Waals surface area contributed by atoms with E-state index in [1.54, 1.807) is 24.3 Å². The topological polar surface area (TPSA) is 40.9 Å². The number of nitrogens with zero attached hydrogens (tertiary/aromatic N) is 1. The summed E-state index contributed by atoms with van der Waals surface area (Å²) in [5.41, 5.74) is 0.879. The van der Waals surface area contributed by atoms with Crippen molar-refractivity contribution in [2.24, 2.45) is 0 Å². The monoisotopic (exact) mass is 273 g/mol. The molecule has 2 aromatic rings. The van der Waals surface area contributed by atoms with Crippen molar-refractivity contribution in [3.63, 3.8) is 0 Å². The van der Waals surface area contributed by atoms with E-state index in [9.17, 15) is 9.18 Å². The number of carbonyl (C=O) groups excluding carboxylic acids is 1. The van der Waals surface area contributed by atoms with Crippen LogP contribution in [0.25, 0.3) is 0 Å². The van der Waals surface area contributed by atoms with Gasteiger partial charge in [-0.2, -0.15) is 5.26 Å². The van der Waals surface area contributed by atoms with Crippen LogP contribution in [0.3, 0.4) is 0 Å². The highest BCUT2D eigenvalue weighted by Gasteiger charge is 2.21. The minimum atomic E-state index is -0.943. The molecule has 0 aliphatic rings. The van der Waals surface area contributed by atoms with Gasteiger partial charge in [-0.15, -0.1) is 0 Å². The van der Waals surface area contributed by atoms with Crippen LogP contribution in [-0.2, 0) is 0 Å². The first-order chi connectivity index (χ1) is 9.11. The lowest BCUT2D eigenvalue weighted by molar-refractivity contribution is 0.0979. The van der Waals surface area contributed by atoms with E-state index in [2.05, 4.69) is 0 Å². The van der Waals surface area contributed by atoms with Gasteiger partial charge >= 0.3 is 0 Å². The van der Waals surface area contributed by atoms with E-state index in [4.69, 9.17) is 16.9 Å². The zero-order chi connectivity index (χ0) is 13.8. The number of nitriles is 1. The summed E-state index contributed by atoms with van der Waals surface area (Å²) < 4.78 is 12.8. The molecular formula is C15H9ClFNO. The van der Waals surface area contributed by atoms with Gasteiger partial charge in [-0.3, -0.25) is 4.79 Å². The Bertz CT molecular complexity index is 629. The highest BCUT2D eigenvalue weighted by molar-refractivity contribution is 6.30. The van der Waals surface area contributed by atoms with Gasteiger partial charge in [-0.1, -0.05) is 23.7 Å². The molecule has 0 spiro atoms. The molecule has 0 radical (unpaired) electrons. The maximum Gasteiger partial charge on any atom is 0.184 e. The summed E-state index contributed by atoms with van der Waals surface area (Å²) in [5.74, 6) is -1.67. The Morgan fingerprint density at radius 1 is 1.11 bits per heavy atom. The van der Waals surface area contributed by atoms with Crippen molar-refractivity contribution < 1.29 is 9.18 Å². The third kappa shape index (κ3) is 2.98. The second-order valence-electron chi connectivity index (χ2n) is 3.98. The number of rotatable bonds is 3. The van der Waals surface area contributed by atoms with Crippen molar-refractivity contribution in [1.82, 2.24) is 0 Å². The molecule has 0 N–H and O–H groups in total. The van der Waals surface area contributed by atoms with Gasteiger partial charge in [-0.05, 0) is 42.0 Å². The maximum absolute atomic E-state index is 12.8.